The molecule has 2 unspecified atom stereocenters. The Bertz CT molecular complexity index is 885. The van der Waals surface area contributed by atoms with Crippen LogP contribution >= 0.6 is 24.0 Å². The molecule has 0 saturated heterocycles. The molecule has 0 heterocycles. The van der Waals surface area contributed by atoms with Gasteiger partial charge in [-0.3, -0.25) is 0 Å². The van der Waals surface area contributed by atoms with Gasteiger partial charge in [0.25, 0.3) is 0 Å². The van der Waals surface area contributed by atoms with Crippen LogP contribution in [0.4, 0.5) is 0 Å². The van der Waals surface area contributed by atoms with Crippen molar-refractivity contribution in [1.29, 1.82) is 0 Å². The molecule has 154 valence electrons. The Morgan fingerprint density at radius 3 is 2.38 bits per heavy atom. The summed E-state index contributed by atoms with van der Waals surface area (Å²) in [6, 6.07) is 23.5. The zero-order valence-corrected chi connectivity index (χ0v) is 18.2. The molecule has 0 aliphatic heterocycles. The molecule has 0 saturated carbocycles. The third-order valence-electron chi connectivity index (χ3n) is 4.77. The number of ether oxygens (including phenoxy) is 1. The summed E-state index contributed by atoms with van der Waals surface area (Å²) in [5.41, 5.74) is 4.20. The first-order valence-electron chi connectivity index (χ1n) is 9.46. The van der Waals surface area contributed by atoms with Crippen LogP contribution in [-0.2, 0) is 13.2 Å². The zero-order valence-electron chi connectivity index (χ0n) is 16.6. The van der Waals surface area contributed by atoms with Gasteiger partial charge >= 0.3 is 0 Å². The second kappa shape index (κ2) is 11.2. The smallest absolute Gasteiger partial charge is 0.124 e. The number of aryl methyl sites for hydroxylation is 1. The lowest BCUT2D eigenvalue weighted by Gasteiger charge is -2.21. The van der Waals surface area contributed by atoms with E-state index < -0.39 is 6.10 Å². The Kier molecular flexibility index (Phi) is 8.99. The summed E-state index contributed by atoms with van der Waals surface area (Å²) < 4.78 is 6.03. The van der Waals surface area contributed by atoms with E-state index in [1.807, 2.05) is 55.5 Å². The number of benzene rings is 3. The highest BCUT2D eigenvalue weighted by atomic mass is 35.5. The molecular formula is C24H27Cl2NO2. The highest BCUT2D eigenvalue weighted by Crippen LogP contribution is 2.25. The lowest BCUT2D eigenvalue weighted by Crippen LogP contribution is -2.31. The Labute approximate surface area is 184 Å². The maximum absolute atomic E-state index is 10.5. The van der Waals surface area contributed by atoms with E-state index in [1.165, 1.54) is 5.56 Å². The first-order chi connectivity index (χ1) is 13.5. The van der Waals surface area contributed by atoms with Gasteiger partial charge in [-0.1, -0.05) is 71.8 Å². The Morgan fingerprint density at radius 2 is 1.69 bits per heavy atom. The zero-order chi connectivity index (χ0) is 19.9. The van der Waals surface area contributed by atoms with Crippen molar-refractivity contribution < 1.29 is 9.84 Å². The molecule has 0 aromatic heterocycles. The Hall–Kier alpha value is -2.04. The molecule has 0 fully saturated rings. The van der Waals surface area contributed by atoms with Crippen molar-refractivity contribution in [2.75, 3.05) is 0 Å². The van der Waals surface area contributed by atoms with Crippen molar-refractivity contribution in [1.82, 2.24) is 5.32 Å². The third-order valence-corrected chi connectivity index (χ3v) is 5.00. The van der Waals surface area contributed by atoms with Gasteiger partial charge in [-0.25, -0.2) is 0 Å². The van der Waals surface area contributed by atoms with Gasteiger partial charge in [0, 0.05) is 23.2 Å². The normalized spacial score (nSPS) is 12.7. The SMILES string of the molecule is Cc1ccc(COc2ccc(Cl)cc2CNC(C)C(O)c2ccccc2)cc1.Cl. The van der Waals surface area contributed by atoms with E-state index >= 15 is 0 Å². The second-order valence-corrected chi connectivity index (χ2v) is 7.49. The van der Waals surface area contributed by atoms with Gasteiger partial charge in [-0.2, -0.15) is 0 Å². The third kappa shape index (κ3) is 6.76. The fraction of sp³-hybridized carbons (Fsp3) is 0.250. The molecule has 0 bridgehead atoms. The Morgan fingerprint density at radius 1 is 1.00 bits per heavy atom. The quantitative estimate of drug-likeness (QED) is 0.469. The average molecular weight is 432 g/mol. The molecule has 2 N–H and O–H groups in total. The number of hydrogen-bond acceptors (Lipinski definition) is 3. The van der Waals surface area contributed by atoms with Gasteiger partial charge in [0.05, 0.1) is 6.10 Å². The molecule has 3 nitrogen and oxygen atoms in total. The van der Waals surface area contributed by atoms with Crippen molar-refractivity contribution in [2.24, 2.45) is 0 Å². The molecule has 5 heteroatoms. The van der Waals surface area contributed by atoms with Crippen LogP contribution in [0.2, 0.25) is 5.02 Å². The van der Waals surface area contributed by atoms with Crippen molar-refractivity contribution in [3.8, 4) is 5.75 Å². The van der Waals surface area contributed by atoms with E-state index in [0.29, 0.717) is 18.2 Å². The van der Waals surface area contributed by atoms with Gasteiger partial charge in [0.2, 0.25) is 0 Å². The molecule has 3 aromatic rings. The summed E-state index contributed by atoms with van der Waals surface area (Å²) in [5, 5.41) is 14.6. The summed E-state index contributed by atoms with van der Waals surface area (Å²) >= 11 is 6.19. The van der Waals surface area contributed by atoms with Crippen LogP contribution < -0.4 is 10.1 Å². The first-order valence-corrected chi connectivity index (χ1v) is 9.84. The lowest BCUT2D eigenvalue weighted by molar-refractivity contribution is 0.135. The van der Waals surface area contributed by atoms with E-state index in [0.717, 1.165) is 22.4 Å². The topological polar surface area (TPSA) is 41.5 Å². The van der Waals surface area contributed by atoms with Crippen molar-refractivity contribution in [3.05, 3.63) is 100 Å². The standard InChI is InChI=1S/C24H26ClNO2.ClH/c1-17-8-10-19(11-9-17)16-28-23-13-12-22(25)14-21(23)15-26-18(2)24(27)20-6-4-3-5-7-20;/h3-14,18,24,26-27H,15-16H2,1-2H3;1H. The predicted octanol–water partition coefficient (Wildman–Crippen LogP) is 5.86. The largest absolute Gasteiger partial charge is 0.489 e. The van der Waals surface area contributed by atoms with Gasteiger partial charge in [0.15, 0.2) is 0 Å². The molecule has 0 radical (unpaired) electrons. The minimum Gasteiger partial charge on any atom is -0.489 e. The van der Waals surface area contributed by atoms with E-state index in [-0.39, 0.29) is 18.4 Å². The summed E-state index contributed by atoms with van der Waals surface area (Å²) in [4.78, 5) is 0. The van der Waals surface area contributed by atoms with Crippen LogP contribution in [0.15, 0.2) is 72.8 Å². The number of hydrogen-bond donors (Lipinski definition) is 2. The molecule has 0 aliphatic rings. The molecule has 0 aliphatic carbocycles. The molecule has 29 heavy (non-hydrogen) atoms. The van der Waals surface area contributed by atoms with Crippen LogP contribution in [-0.4, -0.2) is 11.1 Å². The first kappa shape index (κ1) is 23.2. The van der Waals surface area contributed by atoms with Gasteiger partial charge in [0.1, 0.15) is 12.4 Å². The van der Waals surface area contributed by atoms with E-state index in [2.05, 4.69) is 36.5 Å². The van der Waals surface area contributed by atoms with E-state index in [1.54, 1.807) is 0 Å². The van der Waals surface area contributed by atoms with E-state index in [9.17, 15) is 5.11 Å². The average Bonchev–Trinajstić information content (AvgIpc) is 2.72. The van der Waals surface area contributed by atoms with Crippen LogP contribution in [0.1, 0.15) is 35.3 Å². The molecule has 0 spiro atoms. The van der Waals surface area contributed by atoms with Crippen LogP contribution in [0.5, 0.6) is 5.75 Å². The summed E-state index contributed by atoms with van der Waals surface area (Å²) in [5.74, 6) is 0.791. The number of aliphatic hydroxyl groups excluding tert-OH is 1. The van der Waals surface area contributed by atoms with Crippen molar-refractivity contribution in [3.63, 3.8) is 0 Å². The Balaban J connectivity index is 0.00000300. The maximum Gasteiger partial charge on any atom is 0.124 e. The number of nitrogens with one attached hydrogen (secondary N) is 1. The maximum atomic E-state index is 10.5. The highest BCUT2D eigenvalue weighted by Gasteiger charge is 2.16. The lowest BCUT2D eigenvalue weighted by atomic mass is 10.0. The van der Waals surface area contributed by atoms with Gasteiger partial charge in [-0.15, -0.1) is 12.4 Å². The molecule has 3 aromatic carbocycles. The van der Waals surface area contributed by atoms with Crippen molar-refractivity contribution >= 4 is 24.0 Å². The number of aliphatic hydroxyl groups is 1. The monoisotopic (exact) mass is 431 g/mol. The summed E-state index contributed by atoms with van der Waals surface area (Å²) in [6.45, 7) is 5.08. The molecular weight excluding hydrogens is 405 g/mol. The van der Waals surface area contributed by atoms with Crippen LogP contribution in [0.3, 0.4) is 0 Å². The number of halogens is 2. The van der Waals surface area contributed by atoms with Crippen LogP contribution in [0, 0.1) is 6.92 Å². The van der Waals surface area contributed by atoms with Crippen LogP contribution in [0.25, 0.3) is 0 Å². The van der Waals surface area contributed by atoms with Crippen molar-refractivity contribution in [2.45, 2.75) is 39.1 Å². The fourth-order valence-corrected chi connectivity index (χ4v) is 3.19. The molecule has 2 atom stereocenters. The predicted molar refractivity (Wildman–Crippen MR) is 122 cm³/mol. The minimum absolute atomic E-state index is 0. The van der Waals surface area contributed by atoms with Gasteiger partial charge < -0.3 is 15.2 Å². The highest BCUT2D eigenvalue weighted by molar-refractivity contribution is 6.30. The number of rotatable bonds is 8. The minimum atomic E-state index is -0.586. The summed E-state index contributed by atoms with van der Waals surface area (Å²) in [7, 11) is 0. The summed E-state index contributed by atoms with van der Waals surface area (Å²) in [6.07, 6.45) is -0.586. The van der Waals surface area contributed by atoms with Gasteiger partial charge in [-0.05, 0) is 43.2 Å². The fourth-order valence-electron chi connectivity index (χ4n) is 2.99. The second-order valence-electron chi connectivity index (χ2n) is 7.05. The molecule has 3 rings (SSSR count). The van der Waals surface area contributed by atoms with E-state index in [4.69, 9.17) is 16.3 Å². The molecule has 0 amide bonds.